The van der Waals surface area contributed by atoms with Gasteiger partial charge in [0.2, 0.25) is 0 Å². The first-order valence-electron chi connectivity index (χ1n) is 5.22. The Bertz CT molecular complexity index is 300. The summed E-state index contributed by atoms with van der Waals surface area (Å²) in [6.07, 6.45) is -6.73. The van der Waals surface area contributed by atoms with Crippen molar-refractivity contribution in [3.63, 3.8) is 0 Å². The third kappa shape index (κ3) is 3.13. The van der Waals surface area contributed by atoms with E-state index in [0.29, 0.717) is 0 Å². The fraction of sp³-hybridized carbons (Fsp3) is 0.900. The van der Waals surface area contributed by atoms with Crippen LogP contribution in [-0.2, 0) is 9.47 Å². The molecule has 7 nitrogen and oxygen atoms in total. The van der Waals surface area contributed by atoms with Crippen molar-refractivity contribution in [2.75, 3.05) is 6.61 Å². The fourth-order valence-electron chi connectivity index (χ4n) is 1.48. The van der Waals surface area contributed by atoms with E-state index in [-0.39, 0.29) is 0 Å². The number of hydrogen-bond acceptors (Lipinski definition) is 7. The summed E-state index contributed by atoms with van der Waals surface area (Å²) in [4.78, 5) is 0. The number of ether oxygens (including phenoxy) is 2. The van der Waals surface area contributed by atoms with Gasteiger partial charge in [-0.1, -0.05) is 0 Å². The van der Waals surface area contributed by atoms with Crippen molar-refractivity contribution < 1.29 is 29.9 Å². The quantitative estimate of drug-likeness (QED) is 0.459. The van der Waals surface area contributed by atoms with Crippen LogP contribution in [-0.4, -0.2) is 63.3 Å². The Hall–Kier alpha value is -0.750. The lowest BCUT2D eigenvalue weighted by Gasteiger charge is -2.41. The van der Waals surface area contributed by atoms with Crippen molar-refractivity contribution in [3.05, 3.63) is 0 Å². The first-order chi connectivity index (χ1) is 7.82. The van der Waals surface area contributed by atoms with Gasteiger partial charge in [0, 0.05) is 0 Å². The number of aliphatic hydroxyl groups excluding tert-OH is 4. The summed E-state index contributed by atoms with van der Waals surface area (Å²) >= 11 is 0. The largest absolute Gasteiger partial charge is 0.394 e. The molecule has 0 aromatic rings. The molecule has 1 fully saturated rings. The third-order valence-corrected chi connectivity index (χ3v) is 2.53. The van der Waals surface area contributed by atoms with Gasteiger partial charge in [0.15, 0.2) is 11.9 Å². The zero-order chi connectivity index (χ0) is 13.2. The van der Waals surface area contributed by atoms with Crippen molar-refractivity contribution >= 4 is 0 Å². The normalized spacial score (nSPS) is 38.8. The highest BCUT2D eigenvalue weighted by molar-refractivity contribution is 4.97. The molecule has 0 saturated carbocycles. The summed E-state index contributed by atoms with van der Waals surface area (Å²) in [6.45, 7) is 2.40. The van der Waals surface area contributed by atoms with Crippen LogP contribution in [0.5, 0.6) is 0 Å². The van der Waals surface area contributed by atoms with E-state index in [0.717, 1.165) is 0 Å². The number of rotatable bonds is 3. The average Bonchev–Trinajstić information content (AvgIpc) is 2.30. The van der Waals surface area contributed by atoms with Crippen LogP contribution in [0.1, 0.15) is 13.8 Å². The molecule has 0 radical (unpaired) electrons. The second-order valence-corrected chi connectivity index (χ2v) is 4.44. The molecule has 0 unspecified atom stereocenters. The molecule has 17 heavy (non-hydrogen) atoms. The Morgan fingerprint density at radius 2 is 1.82 bits per heavy atom. The van der Waals surface area contributed by atoms with Crippen molar-refractivity contribution in [2.45, 2.75) is 50.2 Å². The van der Waals surface area contributed by atoms with Crippen molar-refractivity contribution in [2.24, 2.45) is 0 Å². The summed E-state index contributed by atoms with van der Waals surface area (Å²) in [7, 11) is 0. The van der Waals surface area contributed by atoms with E-state index >= 15 is 0 Å². The van der Waals surface area contributed by atoms with E-state index in [1.165, 1.54) is 13.8 Å². The van der Waals surface area contributed by atoms with Crippen LogP contribution in [0.15, 0.2) is 0 Å². The molecule has 0 aromatic carbocycles. The molecule has 1 aliphatic heterocycles. The predicted octanol–water partition coefficient (Wildman–Crippen LogP) is -1.89. The van der Waals surface area contributed by atoms with Gasteiger partial charge in [0.25, 0.3) is 0 Å². The summed E-state index contributed by atoms with van der Waals surface area (Å²) in [5, 5.41) is 46.3. The van der Waals surface area contributed by atoms with Gasteiger partial charge in [0.1, 0.15) is 24.4 Å². The second kappa shape index (κ2) is 5.27. The van der Waals surface area contributed by atoms with Crippen LogP contribution in [0.25, 0.3) is 0 Å². The van der Waals surface area contributed by atoms with E-state index in [2.05, 4.69) is 0 Å². The smallest absolute Gasteiger partial charge is 0.188 e. The molecular weight excluding hydrogens is 230 g/mol. The van der Waals surface area contributed by atoms with E-state index in [1.54, 1.807) is 0 Å². The minimum atomic E-state index is -1.50. The maximum Gasteiger partial charge on any atom is 0.188 e. The molecule has 1 saturated heterocycles. The maximum atomic E-state index is 9.63. The lowest BCUT2D eigenvalue weighted by molar-refractivity contribution is -0.316. The molecule has 7 heteroatoms. The molecule has 0 aliphatic carbocycles. The highest BCUT2D eigenvalue weighted by Gasteiger charge is 2.45. The first-order valence-corrected chi connectivity index (χ1v) is 5.22. The Labute approximate surface area is 98.8 Å². The van der Waals surface area contributed by atoms with Crippen LogP contribution in [0, 0.1) is 11.3 Å². The van der Waals surface area contributed by atoms with Crippen LogP contribution < -0.4 is 0 Å². The summed E-state index contributed by atoms with van der Waals surface area (Å²) in [6, 6.07) is 1.85. The standard InChI is InChI=1S/C10H17NO6/c1-10(2,4-11)17-9-8(15)7(14)6(13)5(3-12)16-9/h5-9,12-15H,3H2,1-2H3/t5-,6+,7+,8-,9+/m1/s1. The topological polar surface area (TPSA) is 123 Å². The van der Waals surface area contributed by atoms with Crippen molar-refractivity contribution in [1.82, 2.24) is 0 Å². The Morgan fingerprint density at radius 1 is 1.24 bits per heavy atom. The zero-order valence-corrected chi connectivity index (χ0v) is 9.65. The molecule has 4 N–H and O–H groups in total. The van der Waals surface area contributed by atoms with Gasteiger partial charge < -0.3 is 29.9 Å². The van der Waals surface area contributed by atoms with E-state index in [1.807, 2.05) is 6.07 Å². The van der Waals surface area contributed by atoms with Crippen LogP contribution in [0.2, 0.25) is 0 Å². The van der Waals surface area contributed by atoms with Crippen molar-refractivity contribution in [1.29, 1.82) is 5.26 Å². The van der Waals surface area contributed by atoms with Crippen LogP contribution >= 0.6 is 0 Å². The minimum Gasteiger partial charge on any atom is -0.394 e. The van der Waals surface area contributed by atoms with Crippen LogP contribution in [0.4, 0.5) is 0 Å². The number of aliphatic hydroxyl groups is 4. The third-order valence-electron chi connectivity index (χ3n) is 2.53. The molecule has 0 amide bonds. The SMILES string of the molecule is CC(C)(C#N)O[C@@H]1O[C@H](CO)[C@H](O)[C@H](O)[C@H]1O. The van der Waals surface area contributed by atoms with Gasteiger partial charge in [0.05, 0.1) is 12.7 Å². The highest BCUT2D eigenvalue weighted by Crippen LogP contribution is 2.25. The van der Waals surface area contributed by atoms with Gasteiger partial charge >= 0.3 is 0 Å². The molecule has 98 valence electrons. The molecular formula is C10H17NO6. The Morgan fingerprint density at radius 3 is 2.29 bits per heavy atom. The molecule has 1 rings (SSSR count). The first kappa shape index (κ1) is 14.3. The number of hydrogen-bond donors (Lipinski definition) is 4. The monoisotopic (exact) mass is 247 g/mol. The van der Waals surface area contributed by atoms with E-state index < -0.39 is 42.9 Å². The van der Waals surface area contributed by atoms with Crippen molar-refractivity contribution in [3.8, 4) is 6.07 Å². The molecule has 1 aliphatic rings. The second-order valence-electron chi connectivity index (χ2n) is 4.44. The van der Waals surface area contributed by atoms with Crippen LogP contribution in [0.3, 0.4) is 0 Å². The van der Waals surface area contributed by atoms with Gasteiger partial charge in [-0.2, -0.15) is 5.26 Å². The molecule has 0 aromatic heterocycles. The Kier molecular flexibility index (Phi) is 4.43. The highest BCUT2D eigenvalue weighted by atomic mass is 16.7. The number of nitriles is 1. The maximum absolute atomic E-state index is 9.63. The summed E-state index contributed by atoms with van der Waals surface area (Å²) < 4.78 is 10.3. The lowest BCUT2D eigenvalue weighted by atomic mass is 9.99. The van der Waals surface area contributed by atoms with E-state index in [9.17, 15) is 15.3 Å². The molecule has 5 atom stereocenters. The zero-order valence-electron chi connectivity index (χ0n) is 9.65. The van der Waals surface area contributed by atoms with Gasteiger partial charge in [-0.25, -0.2) is 0 Å². The van der Waals surface area contributed by atoms with Gasteiger partial charge in [-0.3, -0.25) is 0 Å². The number of nitrogens with zero attached hydrogens (tertiary/aromatic N) is 1. The molecule has 0 spiro atoms. The lowest BCUT2D eigenvalue weighted by Crippen LogP contribution is -2.60. The summed E-state index contributed by atoms with van der Waals surface area (Å²) in [5.41, 5.74) is -1.21. The Balaban J connectivity index is 2.76. The van der Waals surface area contributed by atoms with Gasteiger partial charge in [-0.05, 0) is 13.8 Å². The van der Waals surface area contributed by atoms with E-state index in [4.69, 9.17) is 19.8 Å². The fourth-order valence-corrected chi connectivity index (χ4v) is 1.48. The summed E-state index contributed by atoms with van der Waals surface area (Å²) in [5.74, 6) is 0. The average molecular weight is 247 g/mol. The minimum absolute atomic E-state index is 0.530. The predicted molar refractivity (Wildman–Crippen MR) is 54.5 cm³/mol. The molecule has 1 heterocycles. The molecule has 0 bridgehead atoms. The van der Waals surface area contributed by atoms with Gasteiger partial charge in [-0.15, -0.1) is 0 Å².